The van der Waals surface area contributed by atoms with Crippen molar-refractivity contribution in [1.29, 1.82) is 0 Å². The second-order valence-corrected chi connectivity index (χ2v) is 8.27. The molecule has 11 heteroatoms. The predicted molar refractivity (Wildman–Crippen MR) is 110 cm³/mol. The number of aromatic nitrogens is 2. The van der Waals surface area contributed by atoms with Crippen molar-refractivity contribution in [1.82, 2.24) is 20.0 Å². The quantitative estimate of drug-likeness (QED) is 0.331. The molecule has 0 spiro atoms. The maximum atomic E-state index is 12.3. The number of nitro groups is 1. The summed E-state index contributed by atoms with van der Waals surface area (Å²) in [6.07, 6.45) is 0. The molecule has 156 valence electrons. The molecule has 0 radical (unpaired) electrons. The molecule has 10 nitrogen and oxygen atoms in total. The molecular weight excluding hydrogens is 410 g/mol. The second kappa shape index (κ2) is 8.51. The van der Waals surface area contributed by atoms with Gasteiger partial charge in [0.05, 0.1) is 32.2 Å². The van der Waals surface area contributed by atoms with Crippen LogP contribution < -0.4 is 10.0 Å². The fourth-order valence-corrected chi connectivity index (χ4v) is 3.70. The zero-order valence-corrected chi connectivity index (χ0v) is 17.1. The third-order valence-corrected chi connectivity index (χ3v) is 5.87. The van der Waals surface area contributed by atoms with Gasteiger partial charge in [-0.15, -0.1) is 0 Å². The van der Waals surface area contributed by atoms with E-state index in [1.165, 1.54) is 0 Å². The van der Waals surface area contributed by atoms with Gasteiger partial charge >= 0.3 is 0 Å². The van der Waals surface area contributed by atoms with Crippen LogP contribution in [-0.2, 0) is 10.0 Å². The molecular formula is C19H19N5O5S. The Kier molecular flexibility index (Phi) is 6.04. The Balaban J connectivity index is 1.58. The average Bonchev–Trinajstić information content (AvgIpc) is 2.71. The number of nitrogens with one attached hydrogen (secondary N) is 2. The zero-order valence-electron chi connectivity index (χ0n) is 16.2. The van der Waals surface area contributed by atoms with Crippen LogP contribution in [-0.4, -0.2) is 42.3 Å². The van der Waals surface area contributed by atoms with E-state index < -0.39 is 14.9 Å². The van der Waals surface area contributed by atoms with Gasteiger partial charge in [-0.2, -0.15) is 0 Å². The Labute approximate surface area is 172 Å². The molecule has 30 heavy (non-hydrogen) atoms. The molecule has 0 aliphatic carbocycles. The summed E-state index contributed by atoms with van der Waals surface area (Å²) in [4.78, 5) is 31.1. The van der Waals surface area contributed by atoms with Crippen molar-refractivity contribution < 1.29 is 18.1 Å². The molecule has 2 N–H and O–H groups in total. The minimum atomic E-state index is -3.85. The highest BCUT2D eigenvalue weighted by Crippen LogP contribution is 2.16. The Morgan fingerprint density at radius 3 is 2.27 bits per heavy atom. The highest BCUT2D eigenvalue weighted by molar-refractivity contribution is 7.89. The molecule has 3 aromatic rings. The number of nitro benzene ring substituents is 1. The first kappa shape index (κ1) is 21.3. The fraction of sp³-hybridized carbons (Fsp3) is 0.211. The molecule has 0 unspecified atom stereocenters. The first-order valence-corrected chi connectivity index (χ1v) is 10.4. The highest BCUT2D eigenvalue weighted by atomic mass is 32.2. The van der Waals surface area contributed by atoms with Crippen molar-refractivity contribution in [2.75, 3.05) is 13.1 Å². The summed E-state index contributed by atoms with van der Waals surface area (Å²) in [5.41, 5.74) is 3.07. The summed E-state index contributed by atoms with van der Waals surface area (Å²) in [7, 11) is -3.85. The first-order valence-electron chi connectivity index (χ1n) is 8.95. The molecule has 0 fully saturated rings. The van der Waals surface area contributed by atoms with Crippen molar-refractivity contribution in [3.8, 4) is 0 Å². The lowest BCUT2D eigenvalue weighted by atomic mass is 10.1. The Morgan fingerprint density at radius 2 is 1.63 bits per heavy atom. The molecule has 3 rings (SSSR count). The van der Waals surface area contributed by atoms with Crippen LogP contribution >= 0.6 is 0 Å². The van der Waals surface area contributed by atoms with Crippen molar-refractivity contribution >= 4 is 32.7 Å². The normalized spacial score (nSPS) is 11.4. The lowest BCUT2D eigenvalue weighted by Crippen LogP contribution is -2.34. The van der Waals surface area contributed by atoms with Crippen LogP contribution in [0.5, 0.6) is 0 Å². The van der Waals surface area contributed by atoms with Gasteiger partial charge in [-0.3, -0.25) is 14.9 Å². The lowest BCUT2D eigenvalue weighted by molar-refractivity contribution is -0.384. The van der Waals surface area contributed by atoms with Gasteiger partial charge in [0, 0.05) is 30.8 Å². The van der Waals surface area contributed by atoms with E-state index in [-0.39, 0.29) is 29.6 Å². The van der Waals surface area contributed by atoms with Gasteiger partial charge < -0.3 is 5.32 Å². The fourth-order valence-electron chi connectivity index (χ4n) is 2.67. The first-order chi connectivity index (χ1) is 14.2. The van der Waals surface area contributed by atoms with Gasteiger partial charge in [0.2, 0.25) is 10.0 Å². The van der Waals surface area contributed by atoms with Gasteiger partial charge in [0.15, 0.2) is 0 Å². The summed E-state index contributed by atoms with van der Waals surface area (Å²) in [5, 5.41) is 13.3. The number of sulfonamides is 1. The molecule has 0 atom stereocenters. The molecule has 2 aromatic carbocycles. The maximum Gasteiger partial charge on any atom is 0.269 e. The highest BCUT2D eigenvalue weighted by Gasteiger charge is 2.15. The number of nitrogens with zero attached hydrogens (tertiary/aromatic N) is 3. The van der Waals surface area contributed by atoms with Crippen LogP contribution in [0.25, 0.3) is 11.0 Å². The van der Waals surface area contributed by atoms with Crippen LogP contribution in [0.4, 0.5) is 5.69 Å². The minimum absolute atomic E-state index is 0.0449. The second-order valence-electron chi connectivity index (χ2n) is 6.50. The number of aryl methyl sites for hydroxylation is 2. The molecule has 1 amide bonds. The van der Waals surface area contributed by atoms with Crippen LogP contribution in [0.1, 0.15) is 21.7 Å². The smallest absolute Gasteiger partial charge is 0.269 e. The van der Waals surface area contributed by atoms with E-state index in [9.17, 15) is 23.3 Å². The monoisotopic (exact) mass is 429 g/mol. The third-order valence-electron chi connectivity index (χ3n) is 4.40. The number of hydrogen-bond donors (Lipinski definition) is 2. The maximum absolute atomic E-state index is 12.3. The van der Waals surface area contributed by atoms with E-state index in [4.69, 9.17) is 0 Å². The number of benzene rings is 2. The van der Waals surface area contributed by atoms with Gasteiger partial charge in [-0.1, -0.05) is 0 Å². The molecule has 1 heterocycles. The van der Waals surface area contributed by atoms with E-state index in [0.717, 1.165) is 35.7 Å². The largest absolute Gasteiger partial charge is 0.351 e. The summed E-state index contributed by atoms with van der Waals surface area (Å²) in [6.45, 7) is 3.71. The van der Waals surface area contributed by atoms with E-state index in [1.807, 2.05) is 13.8 Å². The lowest BCUT2D eigenvalue weighted by Gasteiger charge is -2.09. The SMILES string of the molecule is Cc1nc2ccc(C(=O)NCCNS(=O)(=O)c3ccc([N+](=O)[O-])cc3)cc2nc1C. The Morgan fingerprint density at radius 1 is 1.00 bits per heavy atom. The number of carbonyl (C=O) groups excluding carboxylic acids is 1. The van der Waals surface area contributed by atoms with Gasteiger partial charge in [-0.05, 0) is 44.2 Å². The predicted octanol–water partition coefficient (Wildman–Crippen LogP) is 1.86. The summed E-state index contributed by atoms with van der Waals surface area (Å²) >= 11 is 0. The minimum Gasteiger partial charge on any atom is -0.351 e. The summed E-state index contributed by atoms with van der Waals surface area (Å²) in [5.74, 6) is -0.369. The average molecular weight is 429 g/mol. The van der Waals surface area contributed by atoms with Crippen molar-refractivity contribution in [3.63, 3.8) is 0 Å². The summed E-state index contributed by atoms with van der Waals surface area (Å²) < 4.78 is 26.8. The molecule has 0 aliphatic rings. The van der Waals surface area contributed by atoms with Gasteiger partial charge in [0.25, 0.3) is 11.6 Å². The summed E-state index contributed by atoms with van der Waals surface area (Å²) in [6, 6.07) is 9.50. The molecule has 0 aliphatic heterocycles. The van der Waals surface area contributed by atoms with Gasteiger partial charge in [0.1, 0.15) is 0 Å². The number of non-ortho nitro benzene ring substituents is 1. The van der Waals surface area contributed by atoms with E-state index in [2.05, 4.69) is 20.0 Å². The van der Waals surface area contributed by atoms with Crippen molar-refractivity contribution in [2.24, 2.45) is 0 Å². The number of amides is 1. The van der Waals surface area contributed by atoms with Crippen LogP contribution in [0.3, 0.4) is 0 Å². The third kappa shape index (κ3) is 4.75. The van der Waals surface area contributed by atoms with Crippen LogP contribution in [0, 0.1) is 24.0 Å². The zero-order chi connectivity index (χ0) is 21.9. The molecule has 0 saturated carbocycles. The number of fused-ring (bicyclic) bond motifs is 1. The number of rotatable bonds is 7. The Hall–Kier alpha value is -3.44. The standard InChI is InChI=1S/C19H19N5O5S/c1-12-13(2)23-18-11-14(3-8-17(18)22-12)19(25)20-9-10-21-30(28,29)16-6-4-15(5-7-16)24(26)27/h3-8,11,21H,9-10H2,1-2H3,(H,20,25). The molecule has 0 saturated heterocycles. The number of hydrogen-bond acceptors (Lipinski definition) is 7. The molecule has 0 bridgehead atoms. The van der Waals surface area contributed by atoms with Crippen molar-refractivity contribution in [3.05, 3.63) is 69.5 Å². The van der Waals surface area contributed by atoms with E-state index in [1.54, 1.807) is 18.2 Å². The van der Waals surface area contributed by atoms with Crippen molar-refractivity contribution in [2.45, 2.75) is 18.7 Å². The molecule has 1 aromatic heterocycles. The van der Waals surface area contributed by atoms with Gasteiger partial charge in [-0.25, -0.2) is 23.1 Å². The van der Waals surface area contributed by atoms with Crippen LogP contribution in [0.15, 0.2) is 47.4 Å². The Bertz CT molecular complexity index is 1230. The van der Waals surface area contributed by atoms with E-state index >= 15 is 0 Å². The topological polar surface area (TPSA) is 144 Å². The van der Waals surface area contributed by atoms with E-state index in [0.29, 0.717) is 16.6 Å². The number of carbonyl (C=O) groups is 1. The van der Waals surface area contributed by atoms with Crippen LogP contribution in [0.2, 0.25) is 0 Å².